The molecule has 0 aliphatic heterocycles. The maximum atomic E-state index is 11.1. The molecular weight excluding hydrogens is 293 g/mol. The number of nitrogens with zero attached hydrogens (tertiary/aromatic N) is 1. The summed E-state index contributed by atoms with van der Waals surface area (Å²) in [5.74, 6) is -0.172. The highest BCUT2D eigenvalue weighted by Crippen LogP contribution is 2.17. The van der Waals surface area contributed by atoms with Crippen LogP contribution in [-0.4, -0.2) is 12.1 Å². The van der Waals surface area contributed by atoms with Crippen LogP contribution in [0.15, 0.2) is 12.1 Å². The van der Waals surface area contributed by atoms with Crippen molar-refractivity contribution in [1.29, 1.82) is 5.26 Å². The van der Waals surface area contributed by atoms with Crippen LogP contribution < -0.4 is 0 Å². The molecule has 0 unspecified atom stereocenters. The first-order chi connectivity index (χ1) is 6.60. The molecule has 0 saturated heterocycles. The fourth-order valence-electron chi connectivity index (χ4n) is 1.08. The molecule has 4 heteroatoms. The molecular formula is C10H6INO2. The highest BCUT2D eigenvalue weighted by atomic mass is 127. The standard InChI is InChI=1S/C10H6INO2/c1-6(14)9-3-10(11)7(4-12)2-8(9)5-13/h2-3,5H,1H3. The molecule has 1 aromatic carbocycles. The molecule has 14 heavy (non-hydrogen) atoms. The first-order valence-corrected chi connectivity index (χ1v) is 4.87. The van der Waals surface area contributed by atoms with Gasteiger partial charge >= 0.3 is 0 Å². The minimum Gasteiger partial charge on any atom is -0.298 e. The summed E-state index contributed by atoms with van der Waals surface area (Å²) in [5, 5.41) is 8.71. The number of nitriles is 1. The second-order valence-electron chi connectivity index (χ2n) is 2.71. The zero-order valence-electron chi connectivity index (χ0n) is 7.37. The first-order valence-electron chi connectivity index (χ1n) is 3.80. The van der Waals surface area contributed by atoms with Crippen molar-refractivity contribution in [2.45, 2.75) is 6.92 Å². The Morgan fingerprint density at radius 2 is 2.21 bits per heavy atom. The maximum Gasteiger partial charge on any atom is 0.160 e. The Balaban J connectivity index is 3.48. The van der Waals surface area contributed by atoms with Crippen LogP contribution >= 0.6 is 22.6 Å². The van der Waals surface area contributed by atoms with Crippen LogP contribution in [0.25, 0.3) is 0 Å². The minimum absolute atomic E-state index is 0.172. The van der Waals surface area contributed by atoms with E-state index in [1.807, 2.05) is 28.7 Å². The summed E-state index contributed by atoms with van der Waals surface area (Å²) >= 11 is 1.96. The van der Waals surface area contributed by atoms with Crippen molar-refractivity contribution in [2.24, 2.45) is 0 Å². The molecule has 0 radical (unpaired) electrons. The molecule has 0 N–H and O–H groups in total. The molecule has 0 spiro atoms. The van der Waals surface area contributed by atoms with E-state index < -0.39 is 0 Å². The number of benzene rings is 1. The van der Waals surface area contributed by atoms with Gasteiger partial charge in [0.2, 0.25) is 0 Å². The van der Waals surface area contributed by atoms with E-state index in [2.05, 4.69) is 0 Å². The van der Waals surface area contributed by atoms with Gasteiger partial charge in [0.1, 0.15) is 6.07 Å². The van der Waals surface area contributed by atoms with Gasteiger partial charge in [0, 0.05) is 14.7 Å². The van der Waals surface area contributed by atoms with E-state index in [1.165, 1.54) is 13.0 Å². The fraction of sp³-hybridized carbons (Fsp3) is 0.100. The number of hydrogen-bond donors (Lipinski definition) is 0. The number of carbonyl (C=O) groups is 2. The lowest BCUT2D eigenvalue weighted by atomic mass is 10.0. The third-order valence-electron chi connectivity index (χ3n) is 1.77. The van der Waals surface area contributed by atoms with E-state index in [-0.39, 0.29) is 11.3 Å². The van der Waals surface area contributed by atoms with Gasteiger partial charge in [-0.2, -0.15) is 5.26 Å². The third kappa shape index (κ3) is 1.99. The van der Waals surface area contributed by atoms with Crippen LogP contribution in [0.2, 0.25) is 0 Å². The fourth-order valence-corrected chi connectivity index (χ4v) is 1.67. The van der Waals surface area contributed by atoms with E-state index >= 15 is 0 Å². The largest absolute Gasteiger partial charge is 0.298 e. The van der Waals surface area contributed by atoms with Crippen molar-refractivity contribution in [3.05, 3.63) is 32.4 Å². The van der Waals surface area contributed by atoms with Crippen molar-refractivity contribution < 1.29 is 9.59 Å². The van der Waals surface area contributed by atoms with Gasteiger partial charge in [-0.25, -0.2) is 0 Å². The Labute approximate surface area is 94.9 Å². The second-order valence-corrected chi connectivity index (χ2v) is 3.87. The Morgan fingerprint density at radius 3 is 2.64 bits per heavy atom. The highest BCUT2D eigenvalue weighted by molar-refractivity contribution is 14.1. The zero-order valence-corrected chi connectivity index (χ0v) is 9.53. The van der Waals surface area contributed by atoms with Gasteiger partial charge in [-0.3, -0.25) is 9.59 Å². The summed E-state index contributed by atoms with van der Waals surface area (Å²) < 4.78 is 0.681. The van der Waals surface area contributed by atoms with Gasteiger partial charge in [0.25, 0.3) is 0 Å². The first kappa shape index (κ1) is 10.9. The maximum absolute atomic E-state index is 11.1. The predicted octanol–water partition coefficient (Wildman–Crippen LogP) is 2.18. The molecule has 0 aromatic heterocycles. The number of aldehydes is 1. The lowest BCUT2D eigenvalue weighted by Gasteiger charge is -2.02. The second kappa shape index (κ2) is 4.33. The third-order valence-corrected chi connectivity index (χ3v) is 2.66. The molecule has 0 aliphatic rings. The lowest BCUT2D eigenvalue weighted by molar-refractivity contribution is 0.100. The summed E-state index contributed by atoms with van der Waals surface area (Å²) in [7, 11) is 0. The monoisotopic (exact) mass is 299 g/mol. The van der Waals surface area contributed by atoms with Gasteiger partial charge in [0.15, 0.2) is 12.1 Å². The van der Waals surface area contributed by atoms with Crippen LogP contribution in [0.5, 0.6) is 0 Å². The summed E-state index contributed by atoms with van der Waals surface area (Å²) in [6.07, 6.45) is 0.591. The van der Waals surface area contributed by atoms with Gasteiger partial charge in [0.05, 0.1) is 5.56 Å². The van der Waals surface area contributed by atoms with E-state index in [1.54, 1.807) is 6.07 Å². The molecule has 0 atom stereocenters. The number of Topliss-reactive ketones (excluding diaryl/α,β-unsaturated/α-hetero) is 1. The summed E-state index contributed by atoms with van der Waals surface area (Å²) in [6.45, 7) is 1.39. The molecule has 0 heterocycles. The number of ketones is 1. The van der Waals surface area contributed by atoms with Crippen LogP contribution in [0.3, 0.4) is 0 Å². The van der Waals surface area contributed by atoms with Crippen molar-refractivity contribution in [2.75, 3.05) is 0 Å². The summed E-state index contributed by atoms with van der Waals surface area (Å²) in [5.41, 5.74) is 1.05. The zero-order chi connectivity index (χ0) is 10.7. The van der Waals surface area contributed by atoms with Crippen molar-refractivity contribution in [3.63, 3.8) is 0 Å². The van der Waals surface area contributed by atoms with Gasteiger partial charge in [-0.05, 0) is 41.6 Å². The molecule has 0 saturated carbocycles. The van der Waals surface area contributed by atoms with Crippen molar-refractivity contribution >= 4 is 34.7 Å². The Hall–Kier alpha value is -1.22. The molecule has 0 amide bonds. The van der Waals surface area contributed by atoms with E-state index in [4.69, 9.17) is 5.26 Å². The molecule has 0 aliphatic carbocycles. The molecule has 70 valence electrons. The minimum atomic E-state index is -0.172. The van der Waals surface area contributed by atoms with Crippen LogP contribution in [0, 0.1) is 14.9 Å². The highest BCUT2D eigenvalue weighted by Gasteiger charge is 2.10. The average molecular weight is 299 g/mol. The summed E-state index contributed by atoms with van der Waals surface area (Å²) in [6, 6.07) is 4.96. The lowest BCUT2D eigenvalue weighted by Crippen LogP contribution is -2.01. The average Bonchev–Trinajstić information content (AvgIpc) is 2.17. The predicted molar refractivity (Wildman–Crippen MR) is 59.3 cm³/mol. The Kier molecular flexibility index (Phi) is 3.36. The Morgan fingerprint density at radius 1 is 1.57 bits per heavy atom. The Bertz CT molecular complexity index is 446. The van der Waals surface area contributed by atoms with Crippen LogP contribution in [-0.2, 0) is 0 Å². The summed E-state index contributed by atoms with van der Waals surface area (Å²) in [4.78, 5) is 21.8. The van der Waals surface area contributed by atoms with E-state index in [9.17, 15) is 9.59 Å². The van der Waals surface area contributed by atoms with E-state index in [0.29, 0.717) is 21.0 Å². The molecule has 0 bridgehead atoms. The van der Waals surface area contributed by atoms with Crippen LogP contribution in [0.1, 0.15) is 33.2 Å². The van der Waals surface area contributed by atoms with Crippen molar-refractivity contribution in [3.8, 4) is 6.07 Å². The topological polar surface area (TPSA) is 57.9 Å². The number of carbonyl (C=O) groups excluding carboxylic acids is 2. The molecule has 3 nitrogen and oxygen atoms in total. The van der Waals surface area contributed by atoms with Gasteiger partial charge in [-0.1, -0.05) is 0 Å². The normalized spacial score (nSPS) is 9.21. The smallest absolute Gasteiger partial charge is 0.160 e. The van der Waals surface area contributed by atoms with Crippen molar-refractivity contribution in [1.82, 2.24) is 0 Å². The number of halogens is 1. The molecule has 0 fully saturated rings. The molecule has 1 aromatic rings. The van der Waals surface area contributed by atoms with Crippen LogP contribution in [0.4, 0.5) is 0 Å². The number of hydrogen-bond acceptors (Lipinski definition) is 3. The molecule has 1 rings (SSSR count). The quantitative estimate of drug-likeness (QED) is 0.478. The number of rotatable bonds is 2. The SMILES string of the molecule is CC(=O)c1cc(I)c(C#N)cc1C=O. The van der Waals surface area contributed by atoms with E-state index in [0.717, 1.165) is 0 Å². The van der Waals surface area contributed by atoms with Gasteiger partial charge < -0.3 is 0 Å². The van der Waals surface area contributed by atoms with Gasteiger partial charge in [-0.15, -0.1) is 0 Å².